The third-order valence-corrected chi connectivity index (χ3v) is 4.86. The van der Waals surface area contributed by atoms with Gasteiger partial charge in [0.2, 0.25) is 11.8 Å². The van der Waals surface area contributed by atoms with Gasteiger partial charge in [-0.2, -0.15) is 0 Å². The number of nitrogens with zero attached hydrogens (tertiary/aromatic N) is 2. The summed E-state index contributed by atoms with van der Waals surface area (Å²) in [5.41, 5.74) is 1.77. The molecule has 1 aliphatic heterocycles. The van der Waals surface area contributed by atoms with E-state index in [4.69, 9.17) is 0 Å². The van der Waals surface area contributed by atoms with E-state index < -0.39 is 0 Å². The summed E-state index contributed by atoms with van der Waals surface area (Å²) >= 11 is 0. The van der Waals surface area contributed by atoms with Crippen LogP contribution in [0, 0.1) is 12.8 Å². The van der Waals surface area contributed by atoms with Gasteiger partial charge in [0.1, 0.15) is 0 Å². The van der Waals surface area contributed by atoms with Crippen LogP contribution in [-0.4, -0.2) is 53.6 Å². The maximum Gasteiger partial charge on any atom is 0.223 e. The molecule has 142 valence electrons. The molecule has 1 fully saturated rings. The van der Waals surface area contributed by atoms with Crippen molar-refractivity contribution in [1.82, 2.24) is 9.80 Å². The first-order chi connectivity index (χ1) is 12.4. The van der Waals surface area contributed by atoms with E-state index in [0.717, 1.165) is 12.0 Å². The molecule has 1 aromatic rings. The molecule has 0 bridgehead atoms. The Balaban J connectivity index is 1.73. The fraction of sp³-hybridized carbons (Fsp3) is 0.571. The number of amides is 2. The molecule has 0 N–H and O–H groups in total. The van der Waals surface area contributed by atoms with Crippen LogP contribution in [0.25, 0.3) is 0 Å². The van der Waals surface area contributed by atoms with Gasteiger partial charge in [-0.25, -0.2) is 0 Å². The van der Waals surface area contributed by atoms with Crippen molar-refractivity contribution in [3.63, 3.8) is 0 Å². The molecule has 1 aliphatic rings. The van der Waals surface area contributed by atoms with Crippen LogP contribution in [0.15, 0.2) is 24.3 Å². The van der Waals surface area contributed by atoms with Crippen LogP contribution >= 0.6 is 0 Å². The van der Waals surface area contributed by atoms with Gasteiger partial charge in [-0.15, -0.1) is 0 Å². The molecule has 5 nitrogen and oxygen atoms in total. The molecule has 0 aliphatic carbocycles. The standard InChI is InChI=1S/C21H30N2O3/c1-16(2)4-10-20(25)22-12-14-23(15-13-22)21(26)11-9-19(24)18-7-5-17(3)6-8-18/h5-8,16H,4,9-15H2,1-3H3. The lowest BCUT2D eigenvalue weighted by Crippen LogP contribution is -2.50. The zero-order chi connectivity index (χ0) is 19.1. The Labute approximate surface area is 156 Å². The third-order valence-electron chi connectivity index (χ3n) is 4.86. The number of benzene rings is 1. The molecule has 2 amide bonds. The van der Waals surface area contributed by atoms with Crippen molar-refractivity contribution < 1.29 is 14.4 Å². The zero-order valence-corrected chi connectivity index (χ0v) is 16.2. The molecule has 2 rings (SSSR count). The largest absolute Gasteiger partial charge is 0.339 e. The number of Topliss-reactive ketones (excluding diaryl/α,β-unsaturated/α-hetero) is 1. The normalized spacial score (nSPS) is 14.6. The van der Waals surface area contributed by atoms with Gasteiger partial charge < -0.3 is 9.80 Å². The van der Waals surface area contributed by atoms with Crippen LogP contribution in [0.4, 0.5) is 0 Å². The first-order valence-electron chi connectivity index (χ1n) is 9.52. The first kappa shape index (κ1) is 20.1. The molecule has 1 heterocycles. The van der Waals surface area contributed by atoms with Crippen LogP contribution in [-0.2, 0) is 9.59 Å². The van der Waals surface area contributed by atoms with Crippen LogP contribution in [0.3, 0.4) is 0 Å². The van der Waals surface area contributed by atoms with Gasteiger partial charge in [0.05, 0.1) is 0 Å². The fourth-order valence-corrected chi connectivity index (χ4v) is 3.04. The minimum absolute atomic E-state index is 0.000240. The molecule has 0 saturated carbocycles. The Hall–Kier alpha value is -2.17. The predicted octanol–water partition coefficient (Wildman–Crippen LogP) is 3.06. The number of carbonyl (C=O) groups is 3. The Bertz CT molecular complexity index is 629. The van der Waals surface area contributed by atoms with Crippen molar-refractivity contribution in [2.24, 2.45) is 5.92 Å². The SMILES string of the molecule is Cc1ccc(C(=O)CCC(=O)N2CCN(C(=O)CCC(C)C)CC2)cc1. The van der Waals surface area contributed by atoms with Crippen LogP contribution < -0.4 is 0 Å². The average molecular weight is 358 g/mol. The van der Waals surface area contributed by atoms with Crippen molar-refractivity contribution in [3.8, 4) is 0 Å². The van der Waals surface area contributed by atoms with E-state index in [9.17, 15) is 14.4 Å². The summed E-state index contributed by atoms with van der Waals surface area (Å²) in [4.78, 5) is 40.3. The van der Waals surface area contributed by atoms with Gasteiger partial charge in [-0.3, -0.25) is 14.4 Å². The second-order valence-electron chi connectivity index (χ2n) is 7.48. The Morgan fingerprint density at radius 1 is 0.846 bits per heavy atom. The Kier molecular flexibility index (Phi) is 7.37. The minimum Gasteiger partial charge on any atom is -0.339 e. The lowest BCUT2D eigenvalue weighted by molar-refractivity contribution is -0.139. The highest BCUT2D eigenvalue weighted by Gasteiger charge is 2.24. The van der Waals surface area contributed by atoms with Gasteiger partial charge >= 0.3 is 0 Å². The molecule has 0 atom stereocenters. The zero-order valence-electron chi connectivity index (χ0n) is 16.2. The molecule has 26 heavy (non-hydrogen) atoms. The average Bonchev–Trinajstić information content (AvgIpc) is 2.64. The number of rotatable bonds is 7. The van der Waals surface area contributed by atoms with E-state index in [1.165, 1.54) is 0 Å². The third kappa shape index (κ3) is 5.97. The molecular weight excluding hydrogens is 328 g/mol. The van der Waals surface area contributed by atoms with Crippen molar-refractivity contribution in [1.29, 1.82) is 0 Å². The number of carbonyl (C=O) groups excluding carboxylic acids is 3. The van der Waals surface area contributed by atoms with Crippen molar-refractivity contribution in [2.75, 3.05) is 26.2 Å². The predicted molar refractivity (Wildman–Crippen MR) is 102 cm³/mol. The number of hydrogen-bond donors (Lipinski definition) is 0. The smallest absolute Gasteiger partial charge is 0.223 e. The first-order valence-corrected chi connectivity index (χ1v) is 9.52. The summed E-state index contributed by atoms with van der Waals surface area (Å²) in [5.74, 6) is 0.703. The van der Waals surface area contributed by atoms with E-state index in [0.29, 0.717) is 44.1 Å². The Morgan fingerprint density at radius 2 is 1.35 bits per heavy atom. The summed E-state index contributed by atoms with van der Waals surface area (Å²) in [6.07, 6.45) is 1.94. The fourth-order valence-electron chi connectivity index (χ4n) is 3.04. The van der Waals surface area contributed by atoms with Crippen LogP contribution in [0.5, 0.6) is 0 Å². The highest BCUT2D eigenvalue weighted by Crippen LogP contribution is 2.12. The van der Waals surface area contributed by atoms with Crippen LogP contribution in [0.2, 0.25) is 0 Å². The van der Waals surface area contributed by atoms with E-state index in [2.05, 4.69) is 13.8 Å². The molecule has 1 aromatic carbocycles. The minimum atomic E-state index is -0.000240. The molecule has 0 aromatic heterocycles. The molecular formula is C21H30N2O3. The molecule has 0 unspecified atom stereocenters. The summed E-state index contributed by atoms with van der Waals surface area (Å²) in [5, 5.41) is 0. The van der Waals surface area contributed by atoms with Gasteiger partial charge in [0.25, 0.3) is 0 Å². The second-order valence-corrected chi connectivity index (χ2v) is 7.48. The Morgan fingerprint density at radius 3 is 1.85 bits per heavy atom. The highest BCUT2D eigenvalue weighted by atomic mass is 16.2. The molecule has 0 spiro atoms. The van der Waals surface area contributed by atoms with Crippen molar-refractivity contribution in [3.05, 3.63) is 35.4 Å². The molecule has 1 saturated heterocycles. The number of hydrogen-bond acceptors (Lipinski definition) is 3. The monoisotopic (exact) mass is 358 g/mol. The topological polar surface area (TPSA) is 57.7 Å². The lowest BCUT2D eigenvalue weighted by Gasteiger charge is -2.35. The van der Waals surface area contributed by atoms with E-state index in [-0.39, 0.29) is 30.4 Å². The van der Waals surface area contributed by atoms with Gasteiger partial charge in [-0.05, 0) is 19.3 Å². The maximum absolute atomic E-state index is 12.3. The van der Waals surface area contributed by atoms with Crippen LogP contribution in [0.1, 0.15) is 55.5 Å². The molecule has 0 radical (unpaired) electrons. The number of ketones is 1. The second kappa shape index (κ2) is 9.51. The van der Waals surface area contributed by atoms with E-state index in [1.807, 2.05) is 36.1 Å². The lowest BCUT2D eigenvalue weighted by atomic mass is 10.0. The van der Waals surface area contributed by atoms with Gasteiger partial charge in [0.15, 0.2) is 5.78 Å². The van der Waals surface area contributed by atoms with E-state index >= 15 is 0 Å². The van der Waals surface area contributed by atoms with Gasteiger partial charge in [-0.1, -0.05) is 43.7 Å². The number of aryl methyl sites for hydroxylation is 1. The number of piperazine rings is 1. The quantitative estimate of drug-likeness (QED) is 0.704. The van der Waals surface area contributed by atoms with E-state index in [1.54, 1.807) is 4.90 Å². The highest BCUT2D eigenvalue weighted by molar-refractivity contribution is 5.98. The summed E-state index contributed by atoms with van der Waals surface area (Å²) in [6.45, 7) is 8.51. The summed E-state index contributed by atoms with van der Waals surface area (Å²) in [6, 6.07) is 7.43. The maximum atomic E-state index is 12.3. The molecule has 5 heteroatoms. The summed E-state index contributed by atoms with van der Waals surface area (Å²) < 4.78 is 0. The van der Waals surface area contributed by atoms with Crippen molar-refractivity contribution in [2.45, 2.75) is 46.5 Å². The summed E-state index contributed by atoms with van der Waals surface area (Å²) in [7, 11) is 0. The van der Waals surface area contributed by atoms with Gasteiger partial charge in [0, 0.05) is 51.0 Å². The van der Waals surface area contributed by atoms with Crippen molar-refractivity contribution >= 4 is 17.6 Å².